The van der Waals surface area contributed by atoms with E-state index in [9.17, 15) is 10.6 Å². The molecule has 1 heterocycles. The van der Waals surface area contributed by atoms with Gasteiger partial charge in [-0.2, -0.15) is 0 Å². The third kappa shape index (κ3) is 8.66. The predicted molar refractivity (Wildman–Crippen MR) is 219 cm³/mol. The van der Waals surface area contributed by atoms with Crippen LogP contribution in [0.15, 0.2) is 174 Å². The van der Waals surface area contributed by atoms with Crippen molar-refractivity contribution in [1.29, 1.82) is 0 Å². The minimum atomic E-state index is -1.47. The number of carbonyl (C=O) groups excluding carboxylic acids is 1. The Morgan fingerprint density at radius 3 is 1.96 bits per heavy atom. The van der Waals surface area contributed by atoms with Gasteiger partial charge in [-0.25, -0.2) is 4.99 Å². The van der Waals surface area contributed by atoms with Crippen molar-refractivity contribution in [3.8, 4) is 16.9 Å². The molecular weight excluding hydrogens is 699 g/mol. The topological polar surface area (TPSA) is 129 Å². The molecule has 280 valence electrons. The van der Waals surface area contributed by atoms with Crippen LogP contribution in [0.3, 0.4) is 0 Å². The summed E-state index contributed by atoms with van der Waals surface area (Å²) in [6.07, 6.45) is -0.118. The molecule has 9 heteroatoms. The molecule has 2 N–H and O–H groups in total. The Hall–Kier alpha value is -6.67. The summed E-state index contributed by atoms with van der Waals surface area (Å²) in [5, 5.41) is 16.4. The zero-order chi connectivity index (χ0) is 38.6. The van der Waals surface area contributed by atoms with E-state index < -0.39 is 11.6 Å². The number of ether oxygens (including phenoxy) is 2. The van der Waals surface area contributed by atoms with Crippen LogP contribution >= 0.6 is 0 Å². The van der Waals surface area contributed by atoms with Gasteiger partial charge in [-0.3, -0.25) is 4.79 Å². The van der Waals surface area contributed by atoms with Crippen LogP contribution in [0.1, 0.15) is 51.8 Å². The molecule has 0 aliphatic carbocycles. The lowest BCUT2D eigenvalue weighted by molar-refractivity contribution is -0.129. The molecule has 0 radical (unpaired) electrons. The van der Waals surface area contributed by atoms with Gasteiger partial charge in [0.05, 0.1) is 13.2 Å². The molecule has 0 saturated carbocycles. The fraction of sp³-hybridized carbons (Fsp3) is 0.191. The summed E-state index contributed by atoms with van der Waals surface area (Å²) in [6, 6.07) is 53.6. The van der Waals surface area contributed by atoms with Crippen molar-refractivity contribution in [2.24, 2.45) is 10.1 Å². The number of azide groups is 1. The van der Waals surface area contributed by atoms with Crippen molar-refractivity contribution in [2.75, 3.05) is 19.8 Å². The van der Waals surface area contributed by atoms with Gasteiger partial charge in [0.1, 0.15) is 5.75 Å². The Morgan fingerprint density at radius 2 is 1.34 bits per heavy atom. The number of nitrogens with one attached hydrogen (secondary N) is 1. The summed E-state index contributed by atoms with van der Waals surface area (Å²) in [5.41, 5.74) is 15.1. The minimum Gasteiger partial charge on any atom is -0.494 e. The normalized spacial score (nSPS) is 16.0. The maximum Gasteiger partial charge on any atom is 0.252 e. The van der Waals surface area contributed by atoms with Crippen molar-refractivity contribution in [2.45, 2.75) is 36.9 Å². The first-order valence-electron chi connectivity index (χ1n) is 18.8. The van der Waals surface area contributed by atoms with Crippen molar-refractivity contribution in [3.05, 3.63) is 208 Å². The van der Waals surface area contributed by atoms with Gasteiger partial charge in [0.25, 0.3) is 5.91 Å². The molecule has 6 aromatic carbocycles. The van der Waals surface area contributed by atoms with E-state index in [-0.39, 0.29) is 31.4 Å². The lowest BCUT2D eigenvalue weighted by Gasteiger charge is -2.32. The standard InChI is InChI=1S/C47H43N5O4/c48-52-50-32-41-20-11-10-19-40(41)31-47(46(54)49-33-43(36-15-6-2-7-16-36)37-17-8-3-9-18-37)44(38-23-21-35(22-24-38)34-13-4-1-5-14-34)56-45(51-47)39-25-27-42(28-26-39)55-30-12-29-53/h1-11,13-28,43-44,53H,12,29-33H2,(H,49,54)/t44-,47-/m1/s1. The smallest absolute Gasteiger partial charge is 0.252 e. The van der Waals surface area contributed by atoms with E-state index in [1.807, 2.05) is 127 Å². The first kappa shape index (κ1) is 37.6. The van der Waals surface area contributed by atoms with E-state index >= 15 is 4.79 Å². The molecule has 0 fully saturated rings. The van der Waals surface area contributed by atoms with Crippen LogP contribution in [0.4, 0.5) is 0 Å². The first-order chi connectivity index (χ1) is 27.6. The molecule has 0 spiro atoms. The fourth-order valence-electron chi connectivity index (χ4n) is 7.19. The zero-order valence-corrected chi connectivity index (χ0v) is 30.9. The van der Waals surface area contributed by atoms with Gasteiger partial charge in [-0.15, -0.1) is 0 Å². The SMILES string of the molecule is [N-]=[N+]=NCc1ccccc1C[C@@]1(C(=O)NCC(c2ccccc2)c2ccccc2)N=C(c2ccc(OCCCO)cc2)O[C@@H]1c1ccc(-c2ccccc2)cc1. The van der Waals surface area contributed by atoms with E-state index in [1.54, 1.807) is 0 Å². The third-order valence-electron chi connectivity index (χ3n) is 10.1. The van der Waals surface area contributed by atoms with Crippen molar-refractivity contribution in [3.63, 3.8) is 0 Å². The molecule has 1 amide bonds. The molecule has 0 aromatic heterocycles. The van der Waals surface area contributed by atoms with Gasteiger partial charge in [0.15, 0.2) is 11.6 Å². The highest BCUT2D eigenvalue weighted by Gasteiger charge is 2.53. The summed E-state index contributed by atoms with van der Waals surface area (Å²) >= 11 is 0. The van der Waals surface area contributed by atoms with Gasteiger partial charge in [0.2, 0.25) is 5.90 Å². The van der Waals surface area contributed by atoms with Gasteiger partial charge < -0.3 is 19.9 Å². The molecule has 2 atom stereocenters. The molecular formula is C47H43N5O4. The fourth-order valence-corrected chi connectivity index (χ4v) is 7.19. The summed E-state index contributed by atoms with van der Waals surface area (Å²) in [4.78, 5) is 23.6. The second kappa shape index (κ2) is 18.1. The Balaban J connectivity index is 1.33. The molecule has 0 saturated heterocycles. The number of amides is 1. The van der Waals surface area contributed by atoms with Crippen LogP contribution in [0.5, 0.6) is 5.75 Å². The van der Waals surface area contributed by atoms with Crippen LogP contribution in [-0.2, 0) is 22.5 Å². The van der Waals surface area contributed by atoms with Gasteiger partial charge in [-0.05, 0) is 68.7 Å². The van der Waals surface area contributed by atoms with Crippen LogP contribution in [0, 0.1) is 0 Å². The van der Waals surface area contributed by atoms with Crippen molar-refractivity contribution < 1.29 is 19.4 Å². The molecule has 7 rings (SSSR count). The lowest BCUT2D eigenvalue weighted by atomic mass is 9.80. The Kier molecular flexibility index (Phi) is 12.2. The first-order valence-corrected chi connectivity index (χ1v) is 18.8. The van der Waals surface area contributed by atoms with Crippen LogP contribution < -0.4 is 10.1 Å². The number of carbonyl (C=O) groups is 1. The van der Waals surface area contributed by atoms with Crippen molar-refractivity contribution >= 4 is 11.8 Å². The van der Waals surface area contributed by atoms with E-state index in [2.05, 4.69) is 51.7 Å². The molecule has 6 aromatic rings. The highest BCUT2D eigenvalue weighted by Crippen LogP contribution is 2.44. The molecule has 56 heavy (non-hydrogen) atoms. The highest BCUT2D eigenvalue weighted by atomic mass is 16.5. The second-order valence-electron chi connectivity index (χ2n) is 13.7. The lowest BCUT2D eigenvalue weighted by Crippen LogP contribution is -2.51. The molecule has 9 nitrogen and oxygen atoms in total. The number of aliphatic hydroxyl groups is 1. The van der Waals surface area contributed by atoms with Gasteiger partial charge in [-0.1, -0.05) is 145 Å². The van der Waals surface area contributed by atoms with E-state index in [4.69, 9.17) is 14.5 Å². The van der Waals surface area contributed by atoms with Crippen LogP contribution in [-0.4, -0.2) is 42.2 Å². The number of rotatable bonds is 16. The maximum absolute atomic E-state index is 15.3. The third-order valence-corrected chi connectivity index (χ3v) is 10.1. The van der Waals surface area contributed by atoms with Gasteiger partial charge >= 0.3 is 0 Å². The number of nitrogens with zero attached hydrogens (tertiary/aromatic N) is 4. The minimum absolute atomic E-state index is 0.0457. The number of benzene rings is 6. The predicted octanol–water partition coefficient (Wildman–Crippen LogP) is 9.37. The average molecular weight is 742 g/mol. The second-order valence-corrected chi connectivity index (χ2v) is 13.7. The average Bonchev–Trinajstić information content (AvgIpc) is 3.65. The molecule has 1 aliphatic rings. The largest absolute Gasteiger partial charge is 0.494 e. The quantitative estimate of drug-likeness (QED) is 0.0443. The molecule has 1 aliphatic heterocycles. The zero-order valence-electron chi connectivity index (χ0n) is 30.9. The van der Waals surface area contributed by atoms with E-state index in [0.29, 0.717) is 36.8 Å². The summed E-state index contributed by atoms with van der Waals surface area (Å²) in [6.45, 7) is 0.878. The molecule has 0 unspecified atom stereocenters. The Morgan fingerprint density at radius 1 is 0.768 bits per heavy atom. The molecule has 0 bridgehead atoms. The number of hydrogen-bond donors (Lipinski definition) is 2. The van der Waals surface area contributed by atoms with E-state index in [1.165, 1.54) is 0 Å². The summed E-state index contributed by atoms with van der Waals surface area (Å²) < 4.78 is 12.7. The van der Waals surface area contributed by atoms with Crippen LogP contribution in [0.2, 0.25) is 0 Å². The van der Waals surface area contributed by atoms with E-state index in [0.717, 1.165) is 38.9 Å². The van der Waals surface area contributed by atoms with Crippen LogP contribution in [0.25, 0.3) is 21.6 Å². The highest BCUT2D eigenvalue weighted by molar-refractivity contribution is 6.01. The number of hydrogen-bond acceptors (Lipinski definition) is 6. The summed E-state index contributed by atoms with van der Waals surface area (Å²) in [5.74, 6) is 0.569. The maximum atomic E-state index is 15.3. The Labute approximate surface area is 326 Å². The monoisotopic (exact) mass is 741 g/mol. The number of aliphatic hydroxyl groups excluding tert-OH is 1. The van der Waals surface area contributed by atoms with Crippen molar-refractivity contribution in [1.82, 2.24) is 5.32 Å². The Bertz CT molecular complexity index is 2240. The number of aliphatic imine (C=N–C) groups is 1. The van der Waals surface area contributed by atoms with Gasteiger partial charge in [0, 0.05) is 42.4 Å². The summed E-state index contributed by atoms with van der Waals surface area (Å²) in [7, 11) is 0.